The average Bonchev–Trinajstić information content (AvgIpc) is 3.71. The maximum atomic E-state index is 10.6. The summed E-state index contributed by atoms with van der Waals surface area (Å²) in [6.07, 6.45) is 17.5. The average molecular weight is 754 g/mol. The minimum Gasteiger partial charge on any atom is -0.469 e. The van der Waals surface area contributed by atoms with Crippen molar-refractivity contribution in [3.05, 3.63) is 71.3 Å². The summed E-state index contributed by atoms with van der Waals surface area (Å²) in [4.78, 5) is 28.7. The number of methoxy groups -OCH3 is 1. The van der Waals surface area contributed by atoms with Gasteiger partial charge in [-0.3, -0.25) is 9.69 Å². The van der Waals surface area contributed by atoms with Crippen LogP contribution in [-0.4, -0.2) is 84.9 Å². The van der Waals surface area contributed by atoms with Crippen molar-refractivity contribution in [3.8, 4) is 6.01 Å². The monoisotopic (exact) mass is 754 g/mol. The van der Waals surface area contributed by atoms with Crippen molar-refractivity contribution in [2.75, 3.05) is 56.2 Å². The lowest BCUT2D eigenvalue weighted by Crippen LogP contribution is -2.52. The second kappa shape index (κ2) is 19.4. The van der Waals surface area contributed by atoms with E-state index in [1.807, 2.05) is 27.7 Å². The highest BCUT2D eigenvalue weighted by Gasteiger charge is 2.45. The number of aryl methyl sites for hydroxylation is 1. The van der Waals surface area contributed by atoms with Crippen molar-refractivity contribution < 1.29 is 15.7 Å². The van der Waals surface area contributed by atoms with E-state index in [-0.39, 0.29) is 12.9 Å². The van der Waals surface area contributed by atoms with Gasteiger partial charge in [-0.15, -0.1) is 0 Å². The van der Waals surface area contributed by atoms with Crippen LogP contribution in [0.25, 0.3) is 10.8 Å². The third-order valence-corrected chi connectivity index (χ3v) is 12.2. The highest BCUT2D eigenvalue weighted by molar-refractivity contribution is 5.97. The second-order valence-electron chi connectivity index (χ2n) is 15.5. The highest BCUT2D eigenvalue weighted by Crippen LogP contribution is 2.40. The van der Waals surface area contributed by atoms with Gasteiger partial charge in [0, 0.05) is 62.6 Å². The van der Waals surface area contributed by atoms with E-state index >= 15 is 0 Å². The molecule has 9 rings (SSSR count). The van der Waals surface area contributed by atoms with Crippen LogP contribution < -0.4 is 19.9 Å². The summed E-state index contributed by atoms with van der Waals surface area (Å²) in [6, 6.07) is 15.2. The molecule has 0 spiro atoms. The standard InChI is InChI=1S/C33H42N6O.C9H13O2.2C2H6.H2/c1-2-23-7-3-8-24-9-4-10-29(30(23)24)37-18-13-27-28(21-37)35-32(40-22-33-14-5-16-39(33)17-6-15-33)36-31(27)38-19-25-11-12-26(20-38)34-25;1-11-9(10)5-3-2-4-8-6-7-8;2*1-2;/h3-4,7-10,25-26,34H,2,5-6,11-22H2,1H3;6-7H,2-5H2,1H3;2*1-2H3;1H. The van der Waals surface area contributed by atoms with Crippen LogP contribution in [0.2, 0.25) is 0 Å². The summed E-state index contributed by atoms with van der Waals surface area (Å²) in [7, 11) is 1.43. The smallest absolute Gasteiger partial charge is 0.318 e. The molecule has 1 radical (unpaired) electrons. The molecule has 301 valence electrons. The summed E-state index contributed by atoms with van der Waals surface area (Å²) in [5.41, 5.74) is 6.85. The maximum Gasteiger partial charge on any atom is 0.318 e. The largest absolute Gasteiger partial charge is 0.469 e. The lowest BCUT2D eigenvalue weighted by atomic mass is 9.95. The molecule has 5 aliphatic heterocycles. The van der Waals surface area contributed by atoms with Gasteiger partial charge in [-0.05, 0) is 101 Å². The van der Waals surface area contributed by atoms with E-state index in [1.54, 1.807) is 0 Å². The van der Waals surface area contributed by atoms with E-state index in [2.05, 4.69) is 80.6 Å². The van der Waals surface area contributed by atoms with Crippen LogP contribution in [0, 0.1) is 6.42 Å². The van der Waals surface area contributed by atoms with E-state index in [0.717, 1.165) is 69.8 Å². The number of nitrogens with zero attached hydrogens (tertiary/aromatic N) is 5. The maximum absolute atomic E-state index is 10.6. The number of rotatable bonds is 11. The van der Waals surface area contributed by atoms with Gasteiger partial charge >= 0.3 is 12.0 Å². The molecular weight excluding hydrogens is 685 g/mol. The molecule has 55 heavy (non-hydrogen) atoms. The van der Waals surface area contributed by atoms with Crippen LogP contribution in [0.5, 0.6) is 6.01 Å². The number of esters is 1. The van der Waals surface area contributed by atoms with Crippen molar-refractivity contribution >= 4 is 28.2 Å². The predicted molar refractivity (Wildman–Crippen MR) is 228 cm³/mol. The topological polar surface area (TPSA) is 83.1 Å². The number of carbonyl (C=O) groups excluding carboxylic acids is 1. The summed E-state index contributed by atoms with van der Waals surface area (Å²) in [5, 5.41) is 6.51. The Hall–Kier alpha value is -3.69. The number of nitrogens with one attached hydrogen (secondary N) is 1. The van der Waals surface area contributed by atoms with E-state index in [0.29, 0.717) is 31.1 Å². The molecule has 4 saturated heterocycles. The minimum atomic E-state index is -0.0984. The van der Waals surface area contributed by atoms with Crippen molar-refractivity contribution in [3.63, 3.8) is 0 Å². The van der Waals surface area contributed by atoms with Crippen LogP contribution in [0.15, 0.2) is 48.0 Å². The number of allylic oxidation sites excluding steroid dienone is 2. The van der Waals surface area contributed by atoms with Crippen molar-refractivity contribution in [1.82, 2.24) is 20.2 Å². The molecule has 9 heteroatoms. The molecule has 1 aliphatic carbocycles. The quantitative estimate of drug-likeness (QED) is 0.153. The molecule has 3 aromatic rings. The first-order valence-electron chi connectivity index (χ1n) is 21.7. The molecule has 2 atom stereocenters. The van der Waals surface area contributed by atoms with Gasteiger partial charge in [0.15, 0.2) is 0 Å². The lowest BCUT2D eigenvalue weighted by molar-refractivity contribution is -0.140. The number of benzene rings is 2. The Balaban J connectivity index is 0.000000322. The third-order valence-electron chi connectivity index (χ3n) is 12.2. The fraction of sp³-hybridized carbons (Fsp3) is 0.609. The first kappa shape index (κ1) is 41.0. The number of hydrogen-bond acceptors (Lipinski definition) is 9. The van der Waals surface area contributed by atoms with Crippen LogP contribution in [0.3, 0.4) is 0 Å². The van der Waals surface area contributed by atoms with Gasteiger partial charge < -0.3 is 24.6 Å². The van der Waals surface area contributed by atoms with Crippen LogP contribution in [0.4, 0.5) is 11.5 Å². The van der Waals surface area contributed by atoms with Gasteiger partial charge in [0.05, 0.1) is 24.9 Å². The molecule has 6 aliphatic rings. The second-order valence-corrected chi connectivity index (χ2v) is 15.5. The van der Waals surface area contributed by atoms with E-state index < -0.39 is 0 Å². The molecular formula is C46H69N6O3. The van der Waals surface area contributed by atoms with Gasteiger partial charge in [0.25, 0.3) is 0 Å². The van der Waals surface area contributed by atoms with Gasteiger partial charge in [0.1, 0.15) is 12.4 Å². The van der Waals surface area contributed by atoms with Crippen molar-refractivity contribution in [1.29, 1.82) is 0 Å². The highest BCUT2D eigenvalue weighted by atomic mass is 16.5. The first-order valence-corrected chi connectivity index (χ1v) is 21.7. The number of unbranched alkanes of at least 4 members (excludes halogenated alkanes) is 1. The number of carbonyl (C=O) groups is 1. The Bertz CT molecular complexity index is 1740. The van der Waals surface area contributed by atoms with Crippen LogP contribution in [0.1, 0.15) is 117 Å². The number of anilines is 2. The molecule has 4 fully saturated rings. The molecule has 1 aromatic heterocycles. The number of fused-ring (bicyclic) bond motifs is 5. The molecule has 2 bridgehead atoms. The molecule has 1 N–H and O–H groups in total. The Morgan fingerprint density at radius 1 is 0.945 bits per heavy atom. The van der Waals surface area contributed by atoms with Crippen LogP contribution in [-0.2, 0) is 28.9 Å². The van der Waals surface area contributed by atoms with Crippen LogP contribution >= 0.6 is 0 Å². The zero-order valence-electron chi connectivity index (χ0n) is 34.7. The zero-order valence-corrected chi connectivity index (χ0v) is 34.7. The Labute approximate surface area is 332 Å². The predicted octanol–water partition coefficient (Wildman–Crippen LogP) is 8.87. The van der Waals surface area contributed by atoms with E-state index in [1.165, 1.54) is 91.9 Å². The van der Waals surface area contributed by atoms with Crippen molar-refractivity contribution in [2.24, 2.45) is 0 Å². The molecule has 9 nitrogen and oxygen atoms in total. The summed E-state index contributed by atoms with van der Waals surface area (Å²) >= 11 is 0. The lowest BCUT2D eigenvalue weighted by Gasteiger charge is -2.38. The van der Waals surface area contributed by atoms with Gasteiger partial charge in [-0.2, -0.15) is 9.97 Å². The fourth-order valence-electron chi connectivity index (χ4n) is 9.43. The fourth-order valence-corrected chi connectivity index (χ4v) is 9.43. The SMILES string of the molecule is CC.CC.CCc1cccc2cccc(N3CCc4c(nc(OCC56CCCN5CCC6)nc4N4CC5CCC(C4)N5)C3)c12.COC(=O)CCCCC1=C[CH]1.[HH]. The molecule has 6 heterocycles. The zero-order chi connectivity index (χ0) is 38.8. The Morgan fingerprint density at radius 2 is 1.65 bits per heavy atom. The molecule has 0 amide bonds. The third kappa shape index (κ3) is 9.65. The molecule has 0 saturated carbocycles. The Kier molecular flexibility index (Phi) is 14.5. The number of aromatic nitrogens is 2. The number of hydrogen-bond donors (Lipinski definition) is 1. The van der Waals surface area contributed by atoms with E-state index in [9.17, 15) is 4.79 Å². The molecule has 2 unspecified atom stereocenters. The van der Waals surface area contributed by atoms with Gasteiger partial charge in [0.2, 0.25) is 0 Å². The Morgan fingerprint density at radius 3 is 2.33 bits per heavy atom. The van der Waals surface area contributed by atoms with Gasteiger partial charge in [-0.1, -0.05) is 76.6 Å². The summed E-state index contributed by atoms with van der Waals surface area (Å²) < 4.78 is 11.1. The minimum absolute atomic E-state index is 0. The summed E-state index contributed by atoms with van der Waals surface area (Å²) in [5.74, 6) is 1.04. The first-order chi connectivity index (χ1) is 27.0. The van der Waals surface area contributed by atoms with Crippen molar-refractivity contribution in [2.45, 2.75) is 136 Å². The number of piperazine rings is 1. The van der Waals surface area contributed by atoms with Gasteiger partial charge in [-0.25, -0.2) is 0 Å². The summed E-state index contributed by atoms with van der Waals surface area (Å²) in [6.45, 7) is 17.2. The normalized spacial score (nSPS) is 21.5. The van der Waals surface area contributed by atoms with E-state index in [4.69, 9.17) is 14.7 Å². The molecule has 2 aromatic carbocycles. The number of ether oxygens (including phenoxy) is 2.